The standard InChI is InChI=1S/C23H23N/c1-2-4-21(5-3-1)17-24-23-16-20-11-10-18-6-8-19(9-7-18)12-14-22(23)15-13-20/h1-9,13,15-16,24H,10-12,14,17H2. The summed E-state index contributed by atoms with van der Waals surface area (Å²) in [5, 5.41) is 3.67. The van der Waals surface area contributed by atoms with Gasteiger partial charge in [-0.3, -0.25) is 0 Å². The molecule has 0 amide bonds. The highest BCUT2D eigenvalue weighted by Crippen LogP contribution is 2.23. The summed E-state index contributed by atoms with van der Waals surface area (Å²) in [5.74, 6) is 0. The van der Waals surface area contributed by atoms with Crippen LogP contribution in [0.4, 0.5) is 5.69 Å². The lowest BCUT2D eigenvalue weighted by Gasteiger charge is -2.16. The summed E-state index contributed by atoms with van der Waals surface area (Å²) in [5.41, 5.74) is 8.31. The van der Waals surface area contributed by atoms with Gasteiger partial charge >= 0.3 is 0 Å². The summed E-state index contributed by atoms with van der Waals surface area (Å²) >= 11 is 0. The van der Waals surface area contributed by atoms with Crippen LogP contribution in [0.25, 0.3) is 0 Å². The largest absolute Gasteiger partial charge is 0.381 e. The Morgan fingerprint density at radius 3 is 2.00 bits per heavy atom. The molecular formula is C23H23N. The Kier molecular flexibility index (Phi) is 4.33. The van der Waals surface area contributed by atoms with Gasteiger partial charge in [0.1, 0.15) is 0 Å². The van der Waals surface area contributed by atoms with Gasteiger partial charge in [0, 0.05) is 12.2 Å². The van der Waals surface area contributed by atoms with Crippen molar-refractivity contribution in [1.29, 1.82) is 0 Å². The summed E-state index contributed by atoms with van der Waals surface area (Å²) in [6, 6.07) is 26.8. The van der Waals surface area contributed by atoms with Gasteiger partial charge in [-0.1, -0.05) is 66.7 Å². The molecule has 3 aromatic rings. The first kappa shape index (κ1) is 15.0. The van der Waals surface area contributed by atoms with E-state index in [0.717, 1.165) is 32.2 Å². The zero-order valence-electron chi connectivity index (χ0n) is 14.0. The molecule has 3 aromatic carbocycles. The third-order valence-corrected chi connectivity index (χ3v) is 4.91. The summed E-state index contributed by atoms with van der Waals surface area (Å²) in [6.07, 6.45) is 4.38. The number of nitrogens with one attached hydrogen (secondary N) is 1. The number of hydrogen-bond acceptors (Lipinski definition) is 1. The zero-order chi connectivity index (χ0) is 16.2. The maximum absolute atomic E-state index is 3.67. The number of aryl methyl sites for hydroxylation is 4. The quantitative estimate of drug-likeness (QED) is 0.702. The van der Waals surface area contributed by atoms with E-state index in [2.05, 4.69) is 78.1 Å². The van der Waals surface area contributed by atoms with Crippen molar-refractivity contribution in [1.82, 2.24) is 0 Å². The van der Waals surface area contributed by atoms with Crippen LogP contribution in [0.15, 0.2) is 72.8 Å². The normalized spacial score (nSPS) is 13.3. The van der Waals surface area contributed by atoms with E-state index in [0.29, 0.717) is 0 Å². The Morgan fingerprint density at radius 1 is 0.625 bits per heavy atom. The summed E-state index contributed by atoms with van der Waals surface area (Å²) in [6.45, 7) is 0.880. The minimum absolute atomic E-state index is 0.880. The highest BCUT2D eigenvalue weighted by molar-refractivity contribution is 5.54. The van der Waals surface area contributed by atoms with E-state index >= 15 is 0 Å². The van der Waals surface area contributed by atoms with E-state index in [4.69, 9.17) is 0 Å². The second-order valence-electron chi connectivity index (χ2n) is 6.65. The zero-order valence-corrected chi connectivity index (χ0v) is 14.0. The van der Waals surface area contributed by atoms with Crippen molar-refractivity contribution in [3.63, 3.8) is 0 Å². The molecule has 7 rings (SSSR count). The van der Waals surface area contributed by atoms with Crippen molar-refractivity contribution in [2.24, 2.45) is 0 Å². The molecular weight excluding hydrogens is 290 g/mol. The monoisotopic (exact) mass is 313 g/mol. The minimum atomic E-state index is 0.880. The smallest absolute Gasteiger partial charge is 0.0400 e. The Morgan fingerprint density at radius 2 is 1.25 bits per heavy atom. The van der Waals surface area contributed by atoms with Gasteiger partial charge in [0.15, 0.2) is 0 Å². The molecule has 0 aromatic heterocycles. The Balaban J connectivity index is 1.58. The second-order valence-corrected chi connectivity index (χ2v) is 6.65. The molecule has 0 unspecified atom stereocenters. The molecule has 1 N–H and O–H groups in total. The summed E-state index contributed by atoms with van der Waals surface area (Å²) in [4.78, 5) is 0. The molecule has 0 radical (unpaired) electrons. The molecule has 0 fully saturated rings. The van der Waals surface area contributed by atoms with Crippen molar-refractivity contribution in [3.05, 3.63) is 101 Å². The lowest BCUT2D eigenvalue weighted by molar-refractivity contribution is 0.919. The van der Waals surface area contributed by atoms with Crippen LogP contribution in [-0.2, 0) is 32.2 Å². The minimum Gasteiger partial charge on any atom is -0.381 e. The molecule has 1 heteroatoms. The fourth-order valence-electron chi connectivity index (χ4n) is 3.40. The molecule has 0 heterocycles. The predicted molar refractivity (Wildman–Crippen MR) is 101 cm³/mol. The van der Waals surface area contributed by atoms with Crippen LogP contribution < -0.4 is 5.32 Å². The molecule has 0 saturated carbocycles. The highest BCUT2D eigenvalue weighted by Gasteiger charge is 2.08. The van der Waals surface area contributed by atoms with Crippen LogP contribution in [0, 0.1) is 0 Å². The Labute approximate surface area is 144 Å². The second kappa shape index (κ2) is 6.92. The van der Waals surface area contributed by atoms with Gasteiger partial charge in [-0.25, -0.2) is 0 Å². The average Bonchev–Trinajstić information content (AvgIpc) is 2.63. The third kappa shape index (κ3) is 3.51. The van der Waals surface area contributed by atoms with Gasteiger partial charge < -0.3 is 5.32 Å². The highest BCUT2D eigenvalue weighted by atomic mass is 14.9. The van der Waals surface area contributed by atoms with Gasteiger partial charge in [0.25, 0.3) is 0 Å². The lowest BCUT2D eigenvalue weighted by atomic mass is 9.95. The van der Waals surface area contributed by atoms with Crippen molar-refractivity contribution in [3.8, 4) is 0 Å². The van der Waals surface area contributed by atoms with Crippen molar-refractivity contribution >= 4 is 5.69 Å². The van der Waals surface area contributed by atoms with Crippen molar-refractivity contribution in [2.45, 2.75) is 32.2 Å². The molecule has 4 aliphatic carbocycles. The number of benzene rings is 3. The summed E-state index contributed by atoms with van der Waals surface area (Å²) < 4.78 is 0. The Hall–Kier alpha value is -2.54. The van der Waals surface area contributed by atoms with E-state index < -0.39 is 0 Å². The van der Waals surface area contributed by atoms with Crippen LogP contribution in [0.5, 0.6) is 0 Å². The molecule has 120 valence electrons. The van der Waals surface area contributed by atoms with E-state index in [1.807, 2.05) is 0 Å². The molecule has 0 saturated heterocycles. The van der Waals surface area contributed by atoms with Crippen molar-refractivity contribution in [2.75, 3.05) is 5.32 Å². The molecule has 1 nitrogen and oxygen atoms in total. The average molecular weight is 313 g/mol. The maximum Gasteiger partial charge on any atom is 0.0400 e. The lowest BCUT2D eigenvalue weighted by Crippen LogP contribution is -2.05. The molecule has 0 spiro atoms. The van der Waals surface area contributed by atoms with Crippen molar-refractivity contribution < 1.29 is 0 Å². The van der Waals surface area contributed by atoms with Crippen LogP contribution in [-0.4, -0.2) is 0 Å². The first-order valence-electron chi connectivity index (χ1n) is 8.84. The molecule has 0 atom stereocenters. The number of anilines is 1. The fraction of sp³-hybridized carbons (Fsp3) is 0.217. The van der Waals surface area contributed by atoms with E-state index in [1.165, 1.54) is 33.5 Å². The maximum atomic E-state index is 3.67. The van der Waals surface area contributed by atoms with Gasteiger partial charge in [0.2, 0.25) is 0 Å². The van der Waals surface area contributed by atoms with Crippen LogP contribution in [0.1, 0.15) is 27.8 Å². The molecule has 0 aliphatic heterocycles. The molecule has 4 bridgehead atoms. The van der Waals surface area contributed by atoms with Crippen LogP contribution in [0.3, 0.4) is 0 Å². The topological polar surface area (TPSA) is 12.0 Å². The third-order valence-electron chi connectivity index (χ3n) is 4.91. The summed E-state index contributed by atoms with van der Waals surface area (Å²) in [7, 11) is 0. The van der Waals surface area contributed by atoms with Gasteiger partial charge in [-0.15, -0.1) is 0 Å². The van der Waals surface area contributed by atoms with Gasteiger partial charge in [-0.05, 0) is 59.6 Å². The SMILES string of the molecule is c1ccc(CNc2cc3ccc2CCc2ccc(cc2)CC3)cc1. The van der Waals surface area contributed by atoms with Gasteiger partial charge in [-0.2, -0.15) is 0 Å². The van der Waals surface area contributed by atoms with E-state index in [-0.39, 0.29) is 0 Å². The first-order valence-corrected chi connectivity index (χ1v) is 8.84. The Bertz CT molecular complexity index is 803. The van der Waals surface area contributed by atoms with Crippen LogP contribution >= 0.6 is 0 Å². The first-order chi connectivity index (χ1) is 11.9. The molecule has 4 aliphatic rings. The van der Waals surface area contributed by atoms with E-state index in [1.54, 1.807) is 0 Å². The fourth-order valence-corrected chi connectivity index (χ4v) is 3.40. The molecule has 24 heavy (non-hydrogen) atoms. The van der Waals surface area contributed by atoms with Gasteiger partial charge in [0.05, 0.1) is 0 Å². The van der Waals surface area contributed by atoms with E-state index in [9.17, 15) is 0 Å². The number of rotatable bonds is 3. The number of hydrogen-bond donors (Lipinski definition) is 1. The predicted octanol–water partition coefficient (Wildman–Crippen LogP) is 5.18. The van der Waals surface area contributed by atoms with Crippen LogP contribution in [0.2, 0.25) is 0 Å².